The summed E-state index contributed by atoms with van der Waals surface area (Å²) >= 11 is 0. The highest BCUT2D eigenvalue weighted by molar-refractivity contribution is 5.96. The summed E-state index contributed by atoms with van der Waals surface area (Å²) in [5.41, 5.74) is 0.750. The number of ether oxygens (including phenoxy) is 2. The van der Waals surface area contributed by atoms with E-state index in [1.165, 1.54) is 26.0 Å². The maximum atomic E-state index is 11.9. The van der Waals surface area contributed by atoms with Crippen molar-refractivity contribution in [2.75, 3.05) is 21.3 Å². The van der Waals surface area contributed by atoms with E-state index in [9.17, 15) is 9.59 Å². The average Bonchev–Trinajstić information content (AvgIpc) is 2.44. The van der Waals surface area contributed by atoms with Gasteiger partial charge in [-0.1, -0.05) is 12.1 Å². The van der Waals surface area contributed by atoms with Gasteiger partial charge in [-0.3, -0.25) is 9.59 Å². The number of nitrogens with zero attached hydrogens (tertiary/aromatic N) is 1. The number of methoxy groups -OCH3 is 2. The van der Waals surface area contributed by atoms with E-state index < -0.39 is 17.8 Å². The topological polar surface area (TPSA) is 76.1 Å². The molecule has 6 heteroatoms. The van der Waals surface area contributed by atoms with Gasteiger partial charge in [0.15, 0.2) is 11.5 Å². The summed E-state index contributed by atoms with van der Waals surface area (Å²) in [5, 5.41) is 8.86. The number of carboxylic acid groups (broad SMARTS) is 1. The number of para-hydroxylation sites is 1. The van der Waals surface area contributed by atoms with Crippen molar-refractivity contribution in [2.24, 2.45) is 5.92 Å². The number of benzene rings is 1. The lowest BCUT2D eigenvalue weighted by Crippen LogP contribution is -2.35. The predicted molar refractivity (Wildman–Crippen MR) is 72.8 cm³/mol. The maximum absolute atomic E-state index is 11.9. The molecule has 110 valence electrons. The lowest BCUT2D eigenvalue weighted by atomic mass is 10.1. The highest BCUT2D eigenvalue weighted by Gasteiger charge is 2.24. The third-order valence-electron chi connectivity index (χ3n) is 3.01. The van der Waals surface area contributed by atoms with Gasteiger partial charge in [-0.05, 0) is 13.0 Å². The van der Waals surface area contributed by atoms with E-state index in [0.29, 0.717) is 11.5 Å². The van der Waals surface area contributed by atoms with Crippen LogP contribution in [-0.2, 0) is 16.1 Å². The van der Waals surface area contributed by atoms with Crippen LogP contribution in [0.3, 0.4) is 0 Å². The highest BCUT2D eigenvalue weighted by Crippen LogP contribution is 2.31. The van der Waals surface area contributed by atoms with E-state index in [1.807, 2.05) is 0 Å². The Morgan fingerprint density at radius 1 is 1.30 bits per heavy atom. The summed E-state index contributed by atoms with van der Waals surface area (Å²) in [6.45, 7) is 1.61. The number of rotatable bonds is 6. The second-order valence-corrected chi connectivity index (χ2v) is 4.41. The molecule has 1 rings (SSSR count). The first-order chi connectivity index (χ1) is 9.42. The fraction of sp³-hybridized carbons (Fsp3) is 0.429. The third-order valence-corrected chi connectivity index (χ3v) is 3.01. The SMILES string of the molecule is COc1cccc(CN(C)C(=O)C(C)C(=O)O)c1OC. The van der Waals surface area contributed by atoms with E-state index in [0.717, 1.165) is 5.56 Å². The molecule has 0 aliphatic rings. The van der Waals surface area contributed by atoms with Crippen LogP contribution in [0.25, 0.3) is 0 Å². The lowest BCUT2D eigenvalue weighted by Gasteiger charge is -2.21. The van der Waals surface area contributed by atoms with Crippen molar-refractivity contribution in [1.82, 2.24) is 4.90 Å². The van der Waals surface area contributed by atoms with Gasteiger partial charge in [-0.25, -0.2) is 0 Å². The number of carbonyl (C=O) groups excluding carboxylic acids is 1. The molecule has 0 saturated heterocycles. The van der Waals surface area contributed by atoms with Gasteiger partial charge in [0.2, 0.25) is 5.91 Å². The largest absolute Gasteiger partial charge is 0.493 e. The van der Waals surface area contributed by atoms with Crippen molar-refractivity contribution in [1.29, 1.82) is 0 Å². The number of carboxylic acids is 1. The Morgan fingerprint density at radius 3 is 2.45 bits per heavy atom. The fourth-order valence-corrected chi connectivity index (χ4v) is 1.85. The van der Waals surface area contributed by atoms with Crippen molar-refractivity contribution >= 4 is 11.9 Å². The van der Waals surface area contributed by atoms with Crippen LogP contribution in [0.4, 0.5) is 0 Å². The Labute approximate surface area is 117 Å². The Morgan fingerprint density at radius 2 is 1.95 bits per heavy atom. The summed E-state index contributed by atoms with van der Waals surface area (Å²) in [4.78, 5) is 24.1. The molecule has 1 unspecified atom stereocenters. The van der Waals surface area contributed by atoms with Crippen LogP contribution in [0.5, 0.6) is 11.5 Å². The van der Waals surface area contributed by atoms with Crippen molar-refractivity contribution in [3.63, 3.8) is 0 Å². The van der Waals surface area contributed by atoms with Crippen molar-refractivity contribution in [2.45, 2.75) is 13.5 Å². The average molecular weight is 281 g/mol. The van der Waals surface area contributed by atoms with Gasteiger partial charge in [0.1, 0.15) is 5.92 Å². The van der Waals surface area contributed by atoms with Gasteiger partial charge in [0.05, 0.1) is 14.2 Å². The lowest BCUT2D eigenvalue weighted by molar-refractivity contribution is -0.149. The molecule has 0 bridgehead atoms. The molecule has 6 nitrogen and oxygen atoms in total. The van der Waals surface area contributed by atoms with Crippen molar-refractivity contribution in [3.05, 3.63) is 23.8 Å². The molecule has 0 saturated carbocycles. The maximum Gasteiger partial charge on any atom is 0.315 e. The molecule has 0 spiro atoms. The minimum atomic E-state index is -1.14. The quantitative estimate of drug-likeness (QED) is 0.797. The van der Waals surface area contributed by atoms with Crippen LogP contribution in [-0.4, -0.2) is 43.2 Å². The summed E-state index contributed by atoms with van der Waals surface area (Å²) in [6, 6.07) is 5.34. The van der Waals surface area contributed by atoms with Crippen LogP contribution >= 0.6 is 0 Å². The first-order valence-corrected chi connectivity index (χ1v) is 6.10. The van der Waals surface area contributed by atoms with Crippen LogP contribution in [0.15, 0.2) is 18.2 Å². The third kappa shape index (κ3) is 3.40. The zero-order valence-corrected chi connectivity index (χ0v) is 12.0. The molecule has 20 heavy (non-hydrogen) atoms. The zero-order chi connectivity index (χ0) is 15.3. The molecule has 1 atom stereocenters. The minimum absolute atomic E-state index is 0.247. The van der Waals surface area contributed by atoms with E-state index >= 15 is 0 Å². The van der Waals surface area contributed by atoms with Gasteiger partial charge >= 0.3 is 5.97 Å². The van der Waals surface area contributed by atoms with Gasteiger partial charge in [-0.2, -0.15) is 0 Å². The van der Waals surface area contributed by atoms with Crippen LogP contribution < -0.4 is 9.47 Å². The van der Waals surface area contributed by atoms with Gasteiger partial charge in [-0.15, -0.1) is 0 Å². The van der Waals surface area contributed by atoms with E-state index in [4.69, 9.17) is 14.6 Å². The van der Waals surface area contributed by atoms with Crippen molar-refractivity contribution < 1.29 is 24.2 Å². The molecular weight excluding hydrogens is 262 g/mol. The first-order valence-electron chi connectivity index (χ1n) is 6.10. The number of amides is 1. The van der Waals surface area contributed by atoms with Gasteiger partial charge < -0.3 is 19.5 Å². The van der Waals surface area contributed by atoms with E-state index in [2.05, 4.69) is 0 Å². The molecule has 0 radical (unpaired) electrons. The Hall–Kier alpha value is -2.24. The first kappa shape index (κ1) is 15.8. The molecule has 1 aromatic carbocycles. The summed E-state index contributed by atoms with van der Waals surface area (Å²) in [5.74, 6) is -1.56. The Kier molecular flexibility index (Phi) is 5.37. The molecule has 1 amide bonds. The predicted octanol–water partition coefficient (Wildman–Crippen LogP) is 1.38. The zero-order valence-electron chi connectivity index (χ0n) is 12.0. The number of hydrogen-bond acceptors (Lipinski definition) is 4. The molecule has 0 heterocycles. The normalized spacial score (nSPS) is 11.6. The van der Waals surface area contributed by atoms with Crippen LogP contribution in [0.2, 0.25) is 0 Å². The fourth-order valence-electron chi connectivity index (χ4n) is 1.85. The number of carbonyl (C=O) groups is 2. The molecule has 0 aliphatic carbocycles. The highest BCUT2D eigenvalue weighted by atomic mass is 16.5. The second-order valence-electron chi connectivity index (χ2n) is 4.41. The number of aliphatic carboxylic acids is 1. The molecule has 1 N–H and O–H groups in total. The summed E-state index contributed by atoms with van der Waals surface area (Å²) in [6.07, 6.45) is 0. The van der Waals surface area contributed by atoms with Gasteiger partial charge in [0, 0.05) is 19.2 Å². The smallest absolute Gasteiger partial charge is 0.315 e. The molecule has 0 aliphatic heterocycles. The molecular formula is C14H19NO5. The number of hydrogen-bond donors (Lipinski definition) is 1. The van der Waals surface area contributed by atoms with E-state index in [-0.39, 0.29) is 6.54 Å². The Bertz CT molecular complexity index is 500. The Balaban J connectivity index is 2.93. The summed E-state index contributed by atoms with van der Waals surface area (Å²) in [7, 11) is 4.60. The van der Waals surface area contributed by atoms with Crippen molar-refractivity contribution in [3.8, 4) is 11.5 Å². The second kappa shape index (κ2) is 6.79. The van der Waals surface area contributed by atoms with Crippen LogP contribution in [0, 0.1) is 5.92 Å². The summed E-state index contributed by atoms with van der Waals surface area (Å²) < 4.78 is 10.5. The molecule has 0 fully saturated rings. The van der Waals surface area contributed by atoms with Gasteiger partial charge in [0.25, 0.3) is 0 Å². The van der Waals surface area contributed by atoms with Crippen LogP contribution in [0.1, 0.15) is 12.5 Å². The monoisotopic (exact) mass is 281 g/mol. The standard InChI is InChI=1S/C14H19NO5/c1-9(14(17)18)13(16)15(2)8-10-6-5-7-11(19-3)12(10)20-4/h5-7,9H,8H2,1-4H3,(H,17,18). The molecule has 0 aromatic heterocycles. The minimum Gasteiger partial charge on any atom is -0.493 e. The van der Waals surface area contributed by atoms with E-state index in [1.54, 1.807) is 25.2 Å². The molecule has 1 aromatic rings.